The Kier molecular flexibility index (Phi) is 7.61. The summed E-state index contributed by atoms with van der Waals surface area (Å²) in [5.41, 5.74) is 5.94. The SMILES string of the molecule is COCCOc1ccc(Cl)cc1C(=O)NC(C)c1ccc([C@@](C)(N)C(=O)O)cc1. The number of hydrogen-bond donors (Lipinski definition) is 3. The predicted molar refractivity (Wildman–Crippen MR) is 110 cm³/mol. The summed E-state index contributed by atoms with van der Waals surface area (Å²) in [7, 11) is 1.56. The molecule has 1 amide bonds. The third-order valence-corrected chi connectivity index (χ3v) is 4.77. The smallest absolute Gasteiger partial charge is 0.328 e. The average molecular weight is 421 g/mol. The van der Waals surface area contributed by atoms with E-state index in [1.54, 1.807) is 49.6 Å². The third kappa shape index (κ3) is 5.69. The Bertz CT molecular complexity index is 868. The first kappa shape index (κ1) is 22.7. The van der Waals surface area contributed by atoms with Gasteiger partial charge in [-0.05, 0) is 43.2 Å². The summed E-state index contributed by atoms with van der Waals surface area (Å²) in [6, 6.07) is 11.3. The van der Waals surface area contributed by atoms with Gasteiger partial charge in [-0.25, -0.2) is 4.79 Å². The maximum Gasteiger partial charge on any atom is 0.328 e. The number of nitrogens with one attached hydrogen (secondary N) is 1. The number of halogens is 1. The largest absolute Gasteiger partial charge is 0.490 e. The maximum absolute atomic E-state index is 12.8. The molecule has 2 atom stereocenters. The summed E-state index contributed by atoms with van der Waals surface area (Å²) in [5.74, 6) is -1.05. The monoisotopic (exact) mass is 420 g/mol. The minimum atomic E-state index is -1.49. The van der Waals surface area contributed by atoms with Gasteiger partial charge in [0.2, 0.25) is 0 Å². The lowest BCUT2D eigenvalue weighted by molar-refractivity contribution is -0.143. The number of benzene rings is 2. The topological polar surface area (TPSA) is 111 Å². The zero-order chi connectivity index (χ0) is 21.6. The number of aliphatic carboxylic acids is 1. The maximum atomic E-state index is 12.8. The molecule has 0 bridgehead atoms. The van der Waals surface area contributed by atoms with Crippen LogP contribution in [0, 0.1) is 0 Å². The van der Waals surface area contributed by atoms with Crippen LogP contribution in [0.15, 0.2) is 42.5 Å². The van der Waals surface area contributed by atoms with Gasteiger partial charge in [-0.3, -0.25) is 4.79 Å². The Hall–Kier alpha value is -2.61. The molecule has 0 spiro atoms. The minimum Gasteiger partial charge on any atom is -0.490 e. The van der Waals surface area contributed by atoms with Gasteiger partial charge in [0.25, 0.3) is 5.91 Å². The number of carboxylic acids is 1. The van der Waals surface area contributed by atoms with E-state index in [-0.39, 0.29) is 11.9 Å². The molecule has 0 aliphatic rings. The fraction of sp³-hybridized carbons (Fsp3) is 0.333. The molecule has 7 nitrogen and oxygen atoms in total. The highest BCUT2D eigenvalue weighted by Crippen LogP contribution is 2.25. The first-order valence-corrected chi connectivity index (χ1v) is 9.39. The van der Waals surface area contributed by atoms with Crippen molar-refractivity contribution >= 4 is 23.5 Å². The fourth-order valence-electron chi connectivity index (χ4n) is 2.64. The second kappa shape index (κ2) is 9.73. The molecule has 0 saturated heterocycles. The van der Waals surface area contributed by atoms with Crippen LogP contribution < -0.4 is 15.8 Å². The number of amides is 1. The zero-order valence-corrected chi connectivity index (χ0v) is 17.3. The number of carbonyl (C=O) groups is 2. The normalized spacial score (nSPS) is 14.0. The molecule has 0 aliphatic heterocycles. The predicted octanol–water partition coefficient (Wildman–Crippen LogP) is 3.11. The first-order valence-electron chi connectivity index (χ1n) is 9.01. The van der Waals surface area contributed by atoms with E-state index in [1.165, 1.54) is 6.92 Å². The average Bonchev–Trinajstić information content (AvgIpc) is 2.69. The van der Waals surface area contributed by atoms with E-state index >= 15 is 0 Å². The molecule has 0 aromatic heterocycles. The summed E-state index contributed by atoms with van der Waals surface area (Å²) < 4.78 is 10.6. The van der Waals surface area contributed by atoms with Crippen LogP contribution in [0.25, 0.3) is 0 Å². The van der Waals surface area contributed by atoms with Crippen molar-refractivity contribution in [2.75, 3.05) is 20.3 Å². The van der Waals surface area contributed by atoms with Crippen molar-refractivity contribution in [3.63, 3.8) is 0 Å². The first-order chi connectivity index (χ1) is 13.7. The highest BCUT2D eigenvalue weighted by atomic mass is 35.5. The number of nitrogens with two attached hydrogens (primary N) is 1. The van der Waals surface area contributed by atoms with E-state index in [0.29, 0.717) is 35.1 Å². The molecule has 0 saturated carbocycles. The quantitative estimate of drug-likeness (QED) is 0.537. The molecule has 2 rings (SSSR count). The molecule has 2 aromatic carbocycles. The number of hydrogen-bond acceptors (Lipinski definition) is 5. The van der Waals surface area contributed by atoms with Gasteiger partial charge >= 0.3 is 5.97 Å². The lowest BCUT2D eigenvalue weighted by Crippen LogP contribution is -2.41. The molecule has 0 fully saturated rings. The van der Waals surface area contributed by atoms with Crippen LogP contribution in [-0.4, -0.2) is 37.3 Å². The molecule has 4 N–H and O–H groups in total. The van der Waals surface area contributed by atoms with Gasteiger partial charge in [-0.15, -0.1) is 0 Å². The summed E-state index contributed by atoms with van der Waals surface area (Å²) in [4.78, 5) is 24.1. The van der Waals surface area contributed by atoms with Crippen molar-refractivity contribution < 1.29 is 24.2 Å². The van der Waals surface area contributed by atoms with Crippen LogP contribution in [0.4, 0.5) is 0 Å². The summed E-state index contributed by atoms with van der Waals surface area (Å²) in [6.45, 7) is 3.95. The number of ether oxygens (including phenoxy) is 2. The Morgan fingerprint density at radius 1 is 1.21 bits per heavy atom. The van der Waals surface area contributed by atoms with Gasteiger partial charge in [0.1, 0.15) is 17.9 Å². The standard InChI is InChI=1S/C21H25ClN2O5/c1-13(14-4-6-15(7-5-14)21(2,23)20(26)27)24-19(25)17-12-16(22)8-9-18(17)29-11-10-28-3/h4-9,12-13H,10-11,23H2,1-3H3,(H,24,25)(H,26,27)/t13?,21-/m1/s1. The Morgan fingerprint density at radius 3 is 2.45 bits per heavy atom. The molecule has 156 valence electrons. The summed E-state index contributed by atoms with van der Waals surface area (Å²) in [5, 5.41) is 12.5. The van der Waals surface area contributed by atoms with E-state index < -0.39 is 11.5 Å². The van der Waals surface area contributed by atoms with Crippen LogP contribution in [0.5, 0.6) is 5.75 Å². The molecular formula is C21H25ClN2O5. The van der Waals surface area contributed by atoms with Gasteiger partial charge in [0.05, 0.1) is 18.2 Å². The number of carboxylic acid groups (broad SMARTS) is 1. The molecule has 2 aromatic rings. The highest BCUT2D eigenvalue weighted by Gasteiger charge is 2.30. The number of methoxy groups -OCH3 is 1. The Labute approximate surface area is 174 Å². The molecule has 0 heterocycles. The number of rotatable bonds is 9. The van der Waals surface area contributed by atoms with Gasteiger partial charge in [-0.2, -0.15) is 0 Å². The van der Waals surface area contributed by atoms with Crippen molar-refractivity contribution in [2.45, 2.75) is 25.4 Å². The van der Waals surface area contributed by atoms with Crippen LogP contribution in [0.2, 0.25) is 5.02 Å². The van der Waals surface area contributed by atoms with Crippen LogP contribution >= 0.6 is 11.6 Å². The second-order valence-corrected chi connectivity index (χ2v) is 7.24. The van der Waals surface area contributed by atoms with Gasteiger partial charge in [0.15, 0.2) is 0 Å². The fourth-order valence-corrected chi connectivity index (χ4v) is 2.81. The van der Waals surface area contributed by atoms with Crippen LogP contribution in [-0.2, 0) is 15.1 Å². The lowest BCUT2D eigenvalue weighted by Gasteiger charge is -2.21. The van der Waals surface area contributed by atoms with Crippen LogP contribution in [0.3, 0.4) is 0 Å². The molecule has 8 heteroatoms. The summed E-state index contributed by atoms with van der Waals surface area (Å²) >= 11 is 6.04. The Balaban J connectivity index is 2.14. The molecular weight excluding hydrogens is 396 g/mol. The van der Waals surface area contributed by atoms with Crippen molar-refractivity contribution in [3.8, 4) is 5.75 Å². The molecule has 29 heavy (non-hydrogen) atoms. The van der Waals surface area contributed by atoms with Crippen molar-refractivity contribution in [1.82, 2.24) is 5.32 Å². The van der Waals surface area contributed by atoms with Gasteiger partial charge in [0, 0.05) is 12.1 Å². The van der Waals surface area contributed by atoms with E-state index in [1.807, 2.05) is 6.92 Å². The van der Waals surface area contributed by atoms with E-state index in [4.69, 9.17) is 26.8 Å². The van der Waals surface area contributed by atoms with Crippen LogP contribution in [0.1, 0.15) is 41.4 Å². The van der Waals surface area contributed by atoms with E-state index in [9.17, 15) is 14.7 Å². The highest BCUT2D eigenvalue weighted by molar-refractivity contribution is 6.31. The van der Waals surface area contributed by atoms with Crippen molar-refractivity contribution in [2.24, 2.45) is 5.73 Å². The summed E-state index contributed by atoms with van der Waals surface area (Å²) in [6.07, 6.45) is 0. The van der Waals surface area contributed by atoms with E-state index in [2.05, 4.69) is 5.32 Å². The van der Waals surface area contributed by atoms with Gasteiger partial charge < -0.3 is 25.6 Å². The van der Waals surface area contributed by atoms with Gasteiger partial charge in [-0.1, -0.05) is 35.9 Å². The molecule has 1 unspecified atom stereocenters. The third-order valence-electron chi connectivity index (χ3n) is 4.53. The van der Waals surface area contributed by atoms with Crippen molar-refractivity contribution in [1.29, 1.82) is 0 Å². The minimum absolute atomic E-state index is 0.302. The van der Waals surface area contributed by atoms with Crippen molar-refractivity contribution in [3.05, 3.63) is 64.2 Å². The zero-order valence-electron chi connectivity index (χ0n) is 16.6. The van der Waals surface area contributed by atoms with E-state index in [0.717, 1.165) is 5.56 Å². The second-order valence-electron chi connectivity index (χ2n) is 6.81. The number of carbonyl (C=O) groups excluding carboxylic acids is 1. The molecule has 0 aliphatic carbocycles. The molecule has 0 radical (unpaired) electrons. The lowest BCUT2D eigenvalue weighted by atomic mass is 9.92. The Morgan fingerprint density at radius 2 is 1.86 bits per heavy atom.